The van der Waals surface area contributed by atoms with Crippen LogP contribution in [0.15, 0.2) is 12.1 Å². The molecule has 90 valence electrons. The van der Waals surface area contributed by atoms with Gasteiger partial charge in [0.05, 0.1) is 6.61 Å². The lowest BCUT2D eigenvalue weighted by atomic mass is 10.0. The van der Waals surface area contributed by atoms with Gasteiger partial charge in [0.15, 0.2) is 0 Å². The fourth-order valence-corrected chi connectivity index (χ4v) is 2.17. The summed E-state index contributed by atoms with van der Waals surface area (Å²) < 4.78 is 4.92. The number of aryl methyl sites for hydroxylation is 1. The molecule has 0 aromatic carbocycles. The van der Waals surface area contributed by atoms with Crippen LogP contribution in [0.1, 0.15) is 16.7 Å². The first kappa shape index (κ1) is 13.2. The normalized spacial score (nSPS) is 14.7. The molecule has 1 heterocycles. The van der Waals surface area contributed by atoms with E-state index in [1.165, 1.54) is 12.0 Å². The third-order valence-electron chi connectivity index (χ3n) is 2.35. The van der Waals surface area contributed by atoms with Crippen LogP contribution in [0.2, 0.25) is 0 Å². The van der Waals surface area contributed by atoms with E-state index in [4.69, 9.17) is 9.84 Å². The van der Waals surface area contributed by atoms with Gasteiger partial charge in [-0.25, -0.2) is 0 Å². The van der Waals surface area contributed by atoms with Gasteiger partial charge in [0.25, 0.3) is 0 Å². The van der Waals surface area contributed by atoms with Crippen molar-refractivity contribution in [1.29, 1.82) is 0 Å². The molecule has 0 amide bonds. The molecule has 1 atom stereocenters. The number of carbonyl (C=O) groups is 1. The minimum Gasteiger partial charge on any atom is -0.480 e. The van der Waals surface area contributed by atoms with Gasteiger partial charge in [-0.15, -0.1) is 11.3 Å². The third-order valence-corrected chi connectivity index (χ3v) is 3.35. The van der Waals surface area contributed by atoms with Gasteiger partial charge in [0.1, 0.15) is 5.54 Å². The molecule has 1 rings (SSSR count). The van der Waals surface area contributed by atoms with E-state index < -0.39 is 11.5 Å². The lowest BCUT2D eigenvalue weighted by Crippen LogP contribution is -2.52. The second kappa shape index (κ2) is 5.43. The highest BCUT2D eigenvalue weighted by Gasteiger charge is 2.32. The molecule has 1 aromatic heterocycles. The predicted molar refractivity (Wildman–Crippen MR) is 63.8 cm³/mol. The second-order valence-electron chi connectivity index (χ2n) is 3.94. The fourth-order valence-electron chi connectivity index (χ4n) is 1.34. The molecule has 4 nitrogen and oxygen atoms in total. The van der Waals surface area contributed by atoms with E-state index >= 15 is 0 Å². The standard InChI is InChI=1S/C11H17NO3S/c1-8-4-5-9(16-8)6-12-11(2,7-15-3)10(13)14/h4-5,12H,6-7H2,1-3H3,(H,13,14). The zero-order chi connectivity index (χ0) is 12.2. The summed E-state index contributed by atoms with van der Waals surface area (Å²) in [7, 11) is 1.50. The van der Waals surface area contributed by atoms with Gasteiger partial charge in [-0.1, -0.05) is 0 Å². The Morgan fingerprint density at radius 1 is 1.62 bits per heavy atom. The van der Waals surface area contributed by atoms with Crippen LogP contribution in [0.4, 0.5) is 0 Å². The molecule has 2 N–H and O–H groups in total. The van der Waals surface area contributed by atoms with E-state index in [0.29, 0.717) is 6.54 Å². The number of ether oxygens (including phenoxy) is 1. The average Bonchev–Trinajstić information content (AvgIpc) is 2.61. The molecule has 0 saturated carbocycles. The zero-order valence-corrected chi connectivity index (χ0v) is 10.6. The monoisotopic (exact) mass is 243 g/mol. The van der Waals surface area contributed by atoms with Crippen molar-refractivity contribution in [3.05, 3.63) is 21.9 Å². The SMILES string of the molecule is COCC(C)(NCc1ccc(C)s1)C(=O)O. The summed E-state index contributed by atoms with van der Waals surface area (Å²) in [5, 5.41) is 12.1. The van der Waals surface area contributed by atoms with Gasteiger partial charge < -0.3 is 9.84 Å². The van der Waals surface area contributed by atoms with E-state index in [0.717, 1.165) is 4.88 Å². The van der Waals surface area contributed by atoms with Crippen LogP contribution < -0.4 is 5.32 Å². The van der Waals surface area contributed by atoms with E-state index in [1.54, 1.807) is 18.3 Å². The fraction of sp³-hybridized carbons (Fsp3) is 0.545. The molecule has 0 saturated heterocycles. The van der Waals surface area contributed by atoms with Crippen LogP contribution in [-0.2, 0) is 16.1 Å². The van der Waals surface area contributed by atoms with Crippen molar-refractivity contribution >= 4 is 17.3 Å². The minimum absolute atomic E-state index is 0.146. The summed E-state index contributed by atoms with van der Waals surface area (Å²) >= 11 is 1.66. The molecular formula is C11H17NO3S. The van der Waals surface area contributed by atoms with Crippen LogP contribution in [0, 0.1) is 6.92 Å². The van der Waals surface area contributed by atoms with Crippen molar-refractivity contribution in [3.8, 4) is 0 Å². The van der Waals surface area contributed by atoms with Crippen molar-refractivity contribution in [2.24, 2.45) is 0 Å². The number of aliphatic carboxylic acids is 1. The van der Waals surface area contributed by atoms with E-state index in [-0.39, 0.29) is 6.61 Å². The molecule has 0 bridgehead atoms. The first-order valence-corrected chi connectivity index (χ1v) is 5.82. The summed E-state index contributed by atoms with van der Waals surface area (Å²) in [6.07, 6.45) is 0. The smallest absolute Gasteiger partial charge is 0.326 e. The Labute approximate surface area is 99.2 Å². The number of hydrogen-bond donors (Lipinski definition) is 2. The van der Waals surface area contributed by atoms with Crippen LogP contribution in [0.25, 0.3) is 0 Å². The van der Waals surface area contributed by atoms with Crippen molar-refractivity contribution in [3.63, 3.8) is 0 Å². The van der Waals surface area contributed by atoms with Crippen molar-refractivity contribution in [1.82, 2.24) is 5.32 Å². The van der Waals surface area contributed by atoms with E-state index in [9.17, 15) is 4.79 Å². The highest BCUT2D eigenvalue weighted by molar-refractivity contribution is 7.11. The third kappa shape index (κ3) is 3.30. The molecular weight excluding hydrogens is 226 g/mol. The maximum absolute atomic E-state index is 11.1. The Morgan fingerprint density at radius 2 is 2.31 bits per heavy atom. The number of rotatable bonds is 6. The number of carboxylic acid groups (broad SMARTS) is 1. The largest absolute Gasteiger partial charge is 0.480 e. The first-order chi connectivity index (χ1) is 7.48. The molecule has 0 spiro atoms. The molecule has 1 unspecified atom stereocenters. The molecule has 0 fully saturated rings. The Hall–Kier alpha value is -0.910. The summed E-state index contributed by atoms with van der Waals surface area (Å²) in [6.45, 7) is 4.34. The second-order valence-corrected chi connectivity index (χ2v) is 5.31. The van der Waals surface area contributed by atoms with E-state index in [2.05, 4.69) is 5.32 Å². The molecule has 0 aliphatic heterocycles. The summed E-state index contributed by atoms with van der Waals surface area (Å²) in [5.74, 6) is -0.900. The summed E-state index contributed by atoms with van der Waals surface area (Å²) in [4.78, 5) is 13.4. The Balaban J connectivity index is 2.60. The number of hydrogen-bond acceptors (Lipinski definition) is 4. The maximum atomic E-state index is 11.1. The maximum Gasteiger partial charge on any atom is 0.326 e. The predicted octanol–water partition coefficient (Wildman–Crippen LogP) is 1.64. The van der Waals surface area contributed by atoms with Crippen LogP contribution in [-0.4, -0.2) is 30.3 Å². The Morgan fingerprint density at radius 3 is 2.75 bits per heavy atom. The molecule has 0 aliphatic carbocycles. The highest BCUT2D eigenvalue weighted by Crippen LogP contribution is 2.16. The molecule has 0 radical (unpaired) electrons. The number of carboxylic acids is 1. The molecule has 0 aliphatic rings. The quantitative estimate of drug-likeness (QED) is 0.797. The van der Waals surface area contributed by atoms with Gasteiger partial charge in [0.2, 0.25) is 0 Å². The first-order valence-electron chi connectivity index (χ1n) is 5.00. The van der Waals surface area contributed by atoms with Gasteiger partial charge >= 0.3 is 5.97 Å². The van der Waals surface area contributed by atoms with E-state index in [1.807, 2.05) is 19.1 Å². The lowest BCUT2D eigenvalue weighted by molar-refractivity contribution is -0.146. The average molecular weight is 243 g/mol. The molecule has 5 heteroatoms. The van der Waals surface area contributed by atoms with Gasteiger partial charge in [0, 0.05) is 23.4 Å². The Bertz CT molecular complexity index is 364. The highest BCUT2D eigenvalue weighted by atomic mass is 32.1. The van der Waals surface area contributed by atoms with Gasteiger partial charge in [-0.05, 0) is 26.0 Å². The zero-order valence-electron chi connectivity index (χ0n) is 9.74. The van der Waals surface area contributed by atoms with Crippen molar-refractivity contribution < 1.29 is 14.6 Å². The lowest BCUT2D eigenvalue weighted by Gasteiger charge is -2.25. The number of methoxy groups -OCH3 is 1. The number of thiophene rings is 1. The van der Waals surface area contributed by atoms with Gasteiger partial charge in [-0.3, -0.25) is 10.1 Å². The molecule has 1 aromatic rings. The van der Waals surface area contributed by atoms with Gasteiger partial charge in [-0.2, -0.15) is 0 Å². The summed E-state index contributed by atoms with van der Waals surface area (Å²) in [6, 6.07) is 4.03. The van der Waals surface area contributed by atoms with Crippen molar-refractivity contribution in [2.75, 3.05) is 13.7 Å². The minimum atomic E-state index is -1.04. The Kier molecular flexibility index (Phi) is 4.46. The summed E-state index contributed by atoms with van der Waals surface area (Å²) in [5.41, 5.74) is -1.04. The van der Waals surface area contributed by atoms with Crippen LogP contribution >= 0.6 is 11.3 Å². The van der Waals surface area contributed by atoms with Crippen LogP contribution in [0.3, 0.4) is 0 Å². The topological polar surface area (TPSA) is 58.6 Å². The number of nitrogens with one attached hydrogen (secondary N) is 1. The van der Waals surface area contributed by atoms with Crippen LogP contribution in [0.5, 0.6) is 0 Å². The van der Waals surface area contributed by atoms with Crippen molar-refractivity contribution in [2.45, 2.75) is 25.9 Å². The molecule has 16 heavy (non-hydrogen) atoms.